The molecule has 0 bridgehead atoms. The molecule has 0 spiro atoms. The average molecular weight is 337 g/mol. The van der Waals surface area contributed by atoms with Gasteiger partial charge in [-0.3, -0.25) is 0 Å². The molecule has 2 heterocycles. The molecule has 0 saturated carbocycles. The van der Waals surface area contributed by atoms with E-state index in [0.717, 1.165) is 0 Å². The van der Waals surface area contributed by atoms with Crippen LogP contribution >= 0.6 is 0 Å². The maximum absolute atomic E-state index is 2.30. The third-order valence-electron chi connectivity index (χ3n) is 4.07. The Bertz CT molecular complexity index is 966. The van der Waals surface area contributed by atoms with Crippen molar-refractivity contribution in [2.75, 3.05) is 0 Å². The van der Waals surface area contributed by atoms with E-state index >= 15 is 0 Å². The third kappa shape index (κ3) is 1.95. The van der Waals surface area contributed by atoms with Crippen molar-refractivity contribution >= 4 is 33.8 Å². The fourth-order valence-electron chi connectivity index (χ4n) is 2.99. The van der Waals surface area contributed by atoms with Gasteiger partial charge in [-0.1, -0.05) is 0 Å². The molecule has 0 aliphatic rings. The van der Waals surface area contributed by atoms with Crippen LogP contribution in [0, 0.1) is 6.92 Å². The Kier molecular flexibility index (Phi) is 2.95. The molecule has 0 amide bonds. The van der Waals surface area contributed by atoms with Gasteiger partial charge in [-0.2, -0.15) is 0 Å². The first-order valence-corrected chi connectivity index (χ1v) is 8.83. The summed E-state index contributed by atoms with van der Waals surface area (Å²) in [6.07, 6.45) is 2.13. The van der Waals surface area contributed by atoms with Crippen LogP contribution in [0.1, 0.15) is 5.56 Å². The summed E-state index contributed by atoms with van der Waals surface area (Å²) in [6.45, 7) is 2.22. The zero-order valence-corrected chi connectivity index (χ0v) is 13.8. The molecule has 4 aromatic rings. The number of fused-ring (bicyclic) bond motifs is 3. The molecule has 1 nitrogen and oxygen atoms in total. The fourth-order valence-corrected chi connectivity index (χ4v) is 5.74. The number of pyridine rings is 1. The van der Waals surface area contributed by atoms with Crippen LogP contribution in [0.2, 0.25) is 0 Å². The molecule has 0 fully saturated rings. The molecular formula is C19H16NSe+. The minimum atomic E-state index is 0.399. The average Bonchev–Trinajstić information content (AvgIpc) is 2.87. The predicted octanol–water partition coefficient (Wildman–Crippen LogP) is 3.85. The van der Waals surface area contributed by atoms with E-state index < -0.39 is 0 Å². The van der Waals surface area contributed by atoms with Crippen LogP contribution in [0.4, 0.5) is 0 Å². The van der Waals surface area contributed by atoms with Crippen LogP contribution in [0.15, 0.2) is 60.8 Å². The number of rotatable bonds is 1. The molecule has 0 unspecified atom stereocenters. The van der Waals surface area contributed by atoms with Gasteiger partial charge in [-0.05, 0) is 0 Å². The molecule has 2 heteroatoms. The van der Waals surface area contributed by atoms with Crippen LogP contribution in [0.25, 0.3) is 30.6 Å². The van der Waals surface area contributed by atoms with E-state index in [0.29, 0.717) is 14.5 Å². The van der Waals surface area contributed by atoms with Gasteiger partial charge in [0.2, 0.25) is 0 Å². The van der Waals surface area contributed by atoms with Gasteiger partial charge in [-0.15, -0.1) is 0 Å². The third-order valence-corrected chi connectivity index (χ3v) is 6.59. The number of nitrogens with zero attached hydrogens (tertiary/aromatic N) is 1. The second-order valence-corrected chi connectivity index (χ2v) is 7.64. The normalized spacial score (nSPS) is 11.3. The molecule has 0 aliphatic carbocycles. The second kappa shape index (κ2) is 4.84. The van der Waals surface area contributed by atoms with Crippen molar-refractivity contribution in [3.63, 3.8) is 0 Å². The summed E-state index contributed by atoms with van der Waals surface area (Å²) >= 11 is 0.399. The summed E-state index contributed by atoms with van der Waals surface area (Å²) in [5.74, 6) is 0. The van der Waals surface area contributed by atoms with E-state index in [4.69, 9.17) is 0 Å². The first-order valence-electron chi connectivity index (χ1n) is 7.11. The molecule has 2 aromatic heterocycles. The molecule has 0 N–H and O–H groups in total. The summed E-state index contributed by atoms with van der Waals surface area (Å²) in [6, 6.07) is 19.8. The molecule has 0 saturated heterocycles. The monoisotopic (exact) mass is 338 g/mol. The Hall–Kier alpha value is -1.89. The number of aromatic nitrogens is 1. The van der Waals surface area contributed by atoms with Gasteiger partial charge in [0.25, 0.3) is 0 Å². The van der Waals surface area contributed by atoms with Gasteiger partial charge in [-0.25, -0.2) is 0 Å². The topological polar surface area (TPSA) is 3.88 Å². The molecule has 102 valence electrons. The Morgan fingerprint density at radius 1 is 0.857 bits per heavy atom. The number of hydrogen-bond donors (Lipinski definition) is 0. The Morgan fingerprint density at radius 2 is 1.67 bits per heavy atom. The standard InChI is InChI=1S/C19H16NSe/c1-13-10-11-15-14-7-3-4-9-17(14)21-19(15)18(13)16-8-5-6-12-20(16)2/h3-12H,1-2H3/q+1. The summed E-state index contributed by atoms with van der Waals surface area (Å²) in [7, 11) is 2.13. The molecule has 0 radical (unpaired) electrons. The maximum atomic E-state index is 2.30. The number of aryl methyl sites for hydroxylation is 2. The quantitative estimate of drug-likeness (QED) is 0.367. The first kappa shape index (κ1) is 12.8. The Labute approximate surface area is 130 Å². The molecular weight excluding hydrogens is 321 g/mol. The van der Waals surface area contributed by atoms with E-state index in [1.807, 2.05) is 0 Å². The van der Waals surface area contributed by atoms with Crippen LogP contribution < -0.4 is 4.57 Å². The van der Waals surface area contributed by atoms with Gasteiger partial charge >= 0.3 is 130 Å². The van der Waals surface area contributed by atoms with Crippen molar-refractivity contribution in [2.45, 2.75) is 6.92 Å². The fraction of sp³-hybridized carbons (Fsp3) is 0.105. The molecule has 0 atom stereocenters. The zero-order chi connectivity index (χ0) is 14.4. The minimum absolute atomic E-state index is 0.399. The molecule has 0 aliphatic heterocycles. The van der Waals surface area contributed by atoms with Crippen LogP contribution in [0.5, 0.6) is 0 Å². The van der Waals surface area contributed by atoms with E-state index in [-0.39, 0.29) is 0 Å². The summed E-state index contributed by atoms with van der Waals surface area (Å²) in [5, 5.41) is 2.85. The van der Waals surface area contributed by atoms with Crippen molar-refractivity contribution in [1.82, 2.24) is 0 Å². The summed E-state index contributed by atoms with van der Waals surface area (Å²) < 4.78 is 5.26. The molecule has 4 rings (SSSR count). The van der Waals surface area contributed by atoms with Gasteiger partial charge < -0.3 is 0 Å². The van der Waals surface area contributed by atoms with Gasteiger partial charge in [0, 0.05) is 0 Å². The predicted molar refractivity (Wildman–Crippen MR) is 89.7 cm³/mol. The molecule has 21 heavy (non-hydrogen) atoms. The summed E-state index contributed by atoms with van der Waals surface area (Å²) in [4.78, 5) is 0. The first-order chi connectivity index (χ1) is 10.3. The van der Waals surface area contributed by atoms with Crippen LogP contribution in [-0.4, -0.2) is 14.5 Å². The second-order valence-electron chi connectivity index (χ2n) is 5.43. The Morgan fingerprint density at radius 3 is 2.52 bits per heavy atom. The Balaban J connectivity index is 2.18. The van der Waals surface area contributed by atoms with Crippen molar-refractivity contribution in [1.29, 1.82) is 0 Å². The van der Waals surface area contributed by atoms with E-state index in [2.05, 4.69) is 79.3 Å². The van der Waals surface area contributed by atoms with Crippen molar-refractivity contribution in [2.24, 2.45) is 7.05 Å². The van der Waals surface area contributed by atoms with Crippen molar-refractivity contribution < 1.29 is 4.57 Å². The molecule has 2 aromatic carbocycles. The van der Waals surface area contributed by atoms with Crippen molar-refractivity contribution in [3.05, 3.63) is 66.4 Å². The van der Waals surface area contributed by atoms with E-state index in [1.165, 1.54) is 36.1 Å². The van der Waals surface area contributed by atoms with Crippen LogP contribution in [0.3, 0.4) is 0 Å². The number of benzene rings is 2. The zero-order valence-electron chi connectivity index (χ0n) is 12.1. The number of hydrogen-bond acceptors (Lipinski definition) is 0. The van der Waals surface area contributed by atoms with Gasteiger partial charge in [0.1, 0.15) is 0 Å². The van der Waals surface area contributed by atoms with Crippen molar-refractivity contribution in [3.8, 4) is 11.3 Å². The van der Waals surface area contributed by atoms with Gasteiger partial charge in [0.05, 0.1) is 0 Å². The van der Waals surface area contributed by atoms with Crippen LogP contribution in [-0.2, 0) is 7.05 Å². The SMILES string of the molecule is Cc1ccc2c([se]c3ccccc32)c1-c1cccc[n+]1C. The summed E-state index contributed by atoms with van der Waals surface area (Å²) in [5.41, 5.74) is 4.10. The van der Waals surface area contributed by atoms with Gasteiger partial charge in [0.15, 0.2) is 0 Å². The van der Waals surface area contributed by atoms with E-state index in [1.54, 1.807) is 0 Å². The van der Waals surface area contributed by atoms with E-state index in [9.17, 15) is 0 Å².